The summed E-state index contributed by atoms with van der Waals surface area (Å²) >= 11 is 0. The summed E-state index contributed by atoms with van der Waals surface area (Å²) in [5, 5.41) is 8.91. The molecule has 2 amide bonds. The molecule has 1 atom stereocenters. The largest absolute Gasteiger partial charge is 0.493 e. The lowest BCUT2D eigenvalue weighted by molar-refractivity contribution is -0.122. The van der Waals surface area contributed by atoms with Crippen LogP contribution in [0.15, 0.2) is 35.6 Å². The molecule has 0 saturated heterocycles. The molecule has 2 bridgehead atoms. The van der Waals surface area contributed by atoms with Gasteiger partial charge in [0.15, 0.2) is 0 Å². The van der Waals surface area contributed by atoms with Crippen LogP contribution in [0.1, 0.15) is 17.9 Å². The number of carbonyl (C=O) groups is 2. The van der Waals surface area contributed by atoms with Gasteiger partial charge in [0.25, 0.3) is 0 Å². The second-order valence-corrected chi connectivity index (χ2v) is 7.97. The monoisotopic (exact) mass is 467 g/mol. The molecule has 0 aliphatic carbocycles. The Bertz CT molecular complexity index is 1050. The maximum Gasteiger partial charge on any atom is 0.238 e. The minimum absolute atomic E-state index is 0.0702. The van der Waals surface area contributed by atoms with Gasteiger partial charge in [-0.15, -0.1) is 0 Å². The molecule has 2 aliphatic rings. The second kappa shape index (κ2) is 11.5. The van der Waals surface area contributed by atoms with Crippen LogP contribution in [0.2, 0.25) is 0 Å². The van der Waals surface area contributed by atoms with E-state index in [2.05, 4.69) is 30.9 Å². The first-order chi connectivity index (χ1) is 16.6. The van der Waals surface area contributed by atoms with E-state index in [0.29, 0.717) is 68.0 Å². The highest BCUT2D eigenvalue weighted by Crippen LogP contribution is 2.34. The SMILES string of the molecule is COCCN1CCCOc2cccc(c2)N=CC2C(=O)Nc3ncnc(c32)NCCNC(=O)C1. The van der Waals surface area contributed by atoms with Gasteiger partial charge in [-0.1, -0.05) is 6.07 Å². The average molecular weight is 468 g/mol. The van der Waals surface area contributed by atoms with Crippen molar-refractivity contribution in [3.05, 3.63) is 36.2 Å². The highest BCUT2D eigenvalue weighted by atomic mass is 16.5. The summed E-state index contributed by atoms with van der Waals surface area (Å²) in [7, 11) is 1.65. The lowest BCUT2D eigenvalue weighted by Gasteiger charge is -2.21. The number of ether oxygens (including phenoxy) is 2. The average Bonchev–Trinajstić information content (AvgIpc) is 3.16. The maximum absolute atomic E-state index is 12.6. The van der Waals surface area contributed by atoms with Gasteiger partial charge in [0.1, 0.15) is 29.6 Å². The van der Waals surface area contributed by atoms with Crippen molar-refractivity contribution in [1.82, 2.24) is 20.2 Å². The van der Waals surface area contributed by atoms with E-state index in [1.807, 2.05) is 29.2 Å². The van der Waals surface area contributed by atoms with Crippen LogP contribution in [0.4, 0.5) is 17.3 Å². The molecule has 11 heteroatoms. The Labute approximate surface area is 198 Å². The molecule has 3 N–H and O–H groups in total. The summed E-state index contributed by atoms with van der Waals surface area (Å²) in [6, 6.07) is 7.41. The van der Waals surface area contributed by atoms with Crippen LogP contribution in [0.3, 0.4) is 0 Å². The maximum atomic E-state index is 12.6. The molecule has 1 aromatic carbocycles. The Morgan fingerprint density at radius 2 is 2.03 bits per heavy atom. The summed E-state index contributed by atoms with van der Waals surface area (Å²) in [6.07, 6.45) is 3.74. The van der Waals surface area contributed by atoms with E-state index >= 15 is 0 Å². The van der Waals surface area contributed by atoms with Gasteiger partial charge in [0.05, 0.1) is 31.0 Å². The van der Waals surface area contributed by atoms with Crippen LogP contribution in [-0.4, -0.2) is 85.9 Å². The number of nitrogens with zero attached hydrogens (tertiary/aromatic N) is 4. The zero-order valence-corrected chi connectivity index (χ0v) is 19.1. The topological polar surface area (TPSA) is 130 Å². The zero-order valence-electron chi connectivity index (χ0n) is 19.1. The normalized spacial score (nSPS) is 19.5. The molecule has 1 unspecified atom stereocenters. The predicted molar refractivity (Wildman–Crippen MR) is 128 cm³/mol. The third-order valence-corrected chi connectivity index (χ3v) is 5.52. The Morgan fingerprint density at radius 3 is 2.91 bits per heavy atom. The number of aromatic nitrogens is 2. The number of rotatable bonds is 3. The van der Waals surface area contributed by atoms with E-state index in [1.165, 1.54) is 6.33 Å². The molecule has 0 fully saturated rings. The molecular formula is C23H29N7O4. The third-order valence-electron chi connectivity index (χ3n) is 5.52. The van der Waals surface area contributed by atoms with E-state index in [1.54, 1.807) is 13.3 Å². The molecule has 11 nitrogen and oxygen atoms in total. The molecule has 0 spiro atoms. The number of hydrogen-bond acceptors (Lipinski definition) is 9. The zero-order chi connectivity index (χ0) is 23.8. The number of anilines is 2. The van der Waals surface area contributed by atoms with Crippen molar-refractivity contribution in [2.75, 3.05) is 63.7 Å². The van der Waals surface area contributed by atoms with E-state index in [0.717, 1.165) is 6.42 Å². The first-order valence-corrected chi connectivity index (χ1v) is 11.3. The van der Waals surface area contributed by atoms with Crippen LogP contribution in [0, 0.1) is 0 Å². The molecule has 2 aromatic rings. The molecule has 0 radical (unpaired) electrons. The van der Waals surface area contributed by atoms with Crippen molar-refractivity contribution < 1.29 is 19.1 Å². The standard InChI is InChI=1S/C23H29N7O4/c1-33-11-9-30-8-3-10-34-17-5-2-4-16(12-17)26-13-18-20-21(25-7-6-24-19(31)14-30)27-15-28-22(20)29-23(18)32/h2,4-5,12-13,15,18H,3,6-11,14H2,1H3,(H,24,31)(H2,25,27,28,29,32). The van der Waals surface area contributed by atoms with Gasteiger partial charge in [0, 0.05) is 45.6 Å². The van der Waals surface area contributed by atoms with Crippen molar-refractivity contribution in [3.63, 3.8) is 0 Å². The fraction of sp³-hybridized carbons (Fsp3) is 0.435. The molecule has 180 valence electrons. The molecular weight excluding hydrogens is 438 g/mol. The molecule has 34 heavy (non-hydrogen) atoms. The lowest BCUT2D eigenvalue weighted by atomic mass is 10.0. The van der Waals surface area contributed by atoms with Crippen molar-refractivity contribution in [2.45, 2.75) is 12.3 Å². The summed E-state index contributed by atoms with van der Waals surface area (Å²) in [4.78, 5) is 40.1. The van der Waals surface area contributed by atoms with Gasteiger partial charge in [-0.05, 0) is 18.6 Å². The quantitative estimate of drug-likeness (QED) is 0.614. The van der Waals surface area contributed by atoms with Gasteiger partial charge < -0.3 is 25.4 Å². The Balaban J connectivity index is 1.55. The van der Waals surface area contributed by atoms with E-state index in [9.17, 15) is 9.59 Å². The predicted octanol–water partition coefficient (Wildman–Crippen LogP) is 1.17. The second-order valence-electron chi connectivity index (χ2n) is 7.97. The summed E-state index contributed by atoms with van der Waals surface area (Å²) < 4.78 is 11.1. The minimum atomic E-state index is -0.630. The number of amides is 2. The number of hydrogen-bond donors (Lipinski definition) is 3. The number of methoxy groups -OCH3 is 1. The van der Waals surface area contributed by atoms with Crippen LogP contribution in [0.5, 0.6) is 5.75 Å². The smallest absolute Gasteiger partial charge is 0.238 e. The van der Waals surface area contributed by atoms with Crippen molar-refractivity contribution in [2.24, 2.45) is 4.99 Å². The number of benzene rings is 1. The fourth-order valence-electron chi connectivity index (χ4n) is 3.82. The van der Waals surface area contributed by atoms with Gasteiger partial charge in [-0.2, -0.15) is 0 Å². The molecule has 1 aromatic heterocycles. The first-order valence-electron chi connectivity index (χ1n) is 11.3. The molecule has 2 aliphatic heterocycles. The number of carbonyl (C=O) groups excluding carboxylic acids is 2. The first kappa shape index (κ1) is 23.6. The van der Waals surface area contributed by atoms with Gasteiger partial charge in [-0.25, -0.2) is 9.97 Å². The number of aliphatic imine (C=N–C) groups is 1. The van der Waals surface area contributed by atoms with Gasteiger partial charge in [-0.3, -0.25) is 19.5 Å². The van der Waals surface area contributed by atoms with Gasteiger partial charge in [0.2, 0.25) is 11.8 Å². The lowest BCUT2D eigenvalue weighted by Crippen LogP contribution is -2.41. The van der Waals surface area contributed by atoms with Crippen LogP contribution in [0.25, 0.3) is 0 Å². The van der Waals surface area contributed by atoms with Crippen LogP contribution >= 0.6 is 0 Å². The Hall–Kier alpha value is -3.57. The Kier molecular flexibility index (Phi) is 7.99. The summed E-state index contributed by atoms with van der Waals surface area (Å²) in [5.74, 6) is 0.764. The third kappa shape index (κ3) is 6.06. The number of fused-ring (bicyclic) bond motifs is 2. The van der Waals surface area contributed by atoms with Crippen molar-refractivity contribution in [1.29, 1.82) is 0 Å². The minimum Gasteiger partial charge on any atom is -0.493 e. The van der Waals surface area contributed by atoms with E-state index < -0.39 is 5.92 Å². The Morgan fingerprint density at radius 1 is 1.18 bits per heavy atom. The number of nitrogens with one attached hydrogen (secondary N) is 3. The highest BCUT2D eigenvalue weighted by Gasteiger charge is 2.33. The summed E-state index contributed by atoms with van der Waals surface area (Å²) in [5.41, 5.74) is 1.32. The molecule has 3 heterocycles. The van der Waals surface area contributed by atoms with Crippen molar-refractivity contribution in [3.8, 4) is 5.75 Å². The van der Waals surface area contributed by atoms with E-state index in [-0.39, 0.29) is 18.4 Å². The van der Waals surface area contributed by atoms with Gasteiger partial charge >= 0.3 is 0 Å². The summed E-state index contributed by atoms with van der Waals surface area (Å²) in [6.45, 7) is 3.53. The van der Waals surface area contributed by atoms with E-state index in [4.69, 9.17) is 9.47 Å². The van der Waals surface area contributed by atoms with Crippen LogP contribution < -0.4 is 20.7 Å². The molecule has 4 rings (SSSR count). The molecule has 0 saturated carbocycles. The fourth-order valence-corrected chi connectivity index (χ4v) is 3.82. The van der Waals surface area contributed by atoms with Crippen LogP contribution in [-0.2, 0) is 14.3 Å². The van der Waals surface area contributed by atoms with Crippen molar-refractivity contribution >= 4 is 35.4 Å². The highest BCUT2D eigenvalue weighted by molar-refractivity contribution is 6.13.